The summed E-state index contributed by atoms with van der Waals surface area (Å²) in [6.45, 7) is 3.96. The molecule has 31 heavy (non-hydrogen) atoms. The minimum absolute atomic E-state index is 0.0875. The maximum atomic E-state index is 12.7. The lowest BCUT2D eigenvalue weighted by molar-refractivity contribution is -0.133. The van der Waals surface area contributed by atoms with Crippen LogP contribution in [-0.4, -0.2) is 58.7 Å². The standard InChI is InChI=1S/C21H29N5O4S/c1-2-12-31(28,29)22-13-18-19-14-30-21(16-26(19)24-23-18)10-11-25(15-21)20(27)9-8-17-6-4-3-5-7-17/h3-7,22H,2,8-16H2,1H3. The predicted octanol–water partition coefficient (Wildman–Crippen LogP) is 1.24. The summed E-state index contributed by atoms with van der Waals surface area (Å²) in [7, 11) is -3.31. The van der Waals surface area contributed by atoms with E-state index in [9.17, 15) is 13.2 Å². The van der Waals surface area contributed by atoms with Crippen LogP contribution in [0.1, 0.15) is 43.1 Å². The summed E-state index contributed by atoms with van der Waals surface area (Å²) >= 11 is 0. The average Bonchev–Trinajstić information content (AvgIpc) is 3.35. The van der Waals surface area contributed by atoms with Gasteiger partial charge in [0, 0.05) is 13.0 Å². The van der Waals surface area contributed by atoms with Gasteiger partial charge in [0.15, 0.2) is 0 Å². The number of carbonyl (C=O) groups excluding carboxylic acids is 1. The van der Waals surface area contributed by atoms with Crippen molar-refractivity contribution in [2.75, 3.05) is 18.8 Å². The van der Waals surface area contributed by atoms with Crippen molar-refractivity contribution in [2.45, 2.75) is 57.9 Å². The second-order valence-electron chi connectivity index (χ2n) is 8.30. The molecule has 0 aliphatic carbocycles. The van der Waals surface area contributed by atoms with Gasteiger partial charge in [0.1, 0.15) is 11.3 Å². The number of benzene rings is 1. The van der Waals surface area contributed by atoms with Crippen LogP contribution in [0.15, 0.2) is 30.3 Å². The Morgan fingerprint density at radius 3 is 2.84 bits per heavy atom. The van der Waals surface area contributed by atoms with Gasteiger partial charge in [-0.1, -0.05) is 42.5 Å². The Balaban J connectivity index is 1.33. The van der Waals surface area contributed by atoms with Crippen molar-refractivity contribution in [2.24, 2.45) is 0 Å². The molecule has 2 aliphatic rings. The zero-order chi connectivity index (χ0) is 21.9. The number of carbonyl (C=O) groups is 1. The number of fused-ring (bicyclic) bond motifs is 1. The minimum Gasteiger partial charge on any atom is -0.365 e. The van der Waals surface area contributed by atoms with E-state index in [1.165, 1.54) is 0 Å². The van der Waals surface area contributed by atoms with Gasteiger partial charge in [0.2, 0.25) is 15.9 Å². The fourth-order valence-electron chi connectivity index (χ4n) is 4.21. The van der Waals surface area contributed by atoms with Gasteiger partial charge in [-0.15, -0.1) is 5.10 Å². The van der Waals surface area contributed by atoms with E-state index in [0.717, 1.165) is 24.1 Å². The van der Waals surface area contributed by atoms with Crippen LogP contribution in [0.3, 0.4) is 0 Å². The lowest BCUT2D eigenvalue weighted by Gasteiger charge is -2.34. The summed E-state index contributed by atoms with van der Waals surface area (Å²) in [4.78, 5) is 14.6. The second-order valence-corrected chi connectivity index (χ2v) is 10.2. The van der Waals surface area contributed by atoms with E-state index in [-0.39, 0.29) is 18.2 Å². The zero-order valence-corrected chi connectivity index (χ0v) is 18.6. The van der Waals surface area contributed by atoms with Crippen molar-refractivity contribution < 1.29 is 17.9 Å². The highest BCUT2D eigenvalue weighted by atomic mass is 32.2. The number of nitrogens with zero attached hydrogens (tertiary/aromatic N) is 4. The van der Waals surface area contributed by atoms with E-state index in [1.807, 2.05) is 42.2 Å². The second kappa shape index (κ2) is 9.05. The molecule has 168 valence electrons. The summed E-state index contributed by atoms with van der Waals surface area (Å²) in [6.07, 6.45) is 2.52. The molecular weight excluding hydrogens is 418 g/mol. The van der Waals surface area contributed by atoms with Crippen LogP contribution in [0.5, 0.6) is 0 Å². The molecule has 9 nitrogen and oxygen atoms in total. The molecule has 2 aliphatic heterocycles. The van der Waals surface area contributed by atoms with Gasteiger partial charge < -0.3 is 9.64 Å². The first-order chi connectivity index (χ1) is 14.9. The Hall–Kier alpha value is -2.30. The maximum absolute atomic E-state index is 12.7. The Morgan fingerprint density at radius 1 is 1.26 bits per heavy atom. The number of sulfonamides is 1. The first-order valence-electron chi connectivity index (χ1n) is 10.7. The Labute approximate surface area is 182 Å². The maximum Gasteiger partial charge on any atom is 0.223 e. The van der Waals surface area contributed by atoms with E-state index in [2.05, 4.69) is 15.0 Å². The fraction of sp³-hybridized carbons (Fsp3) is 0.571. The molecule has 3 heterocycles. The molecule has 1 N–H and O–H groups in total. The topological polar surface area (TPSA) is 106 Å². The third-order valence-electron chi connectivity index (χ3n) is 5.94. The number of ether oxygens (including phenoxy) is 1. The number of hydrogen-bond acceptors (Lipinski definition) is 6. The van der Waals surface area contributed by atoms with Crippen molar-refractivity contribution in [3.8, 4) is 0 Å². The van der Waals surface area contributed by atoms with Crippen LogP contribution in [0.25, 0.3) is 0 Å². The highest BCUT2D eigenvalue weighted by Gasteiger charge is 2.44. The summed E-state index contributed by atoms with van der Waals surface area (Å²) in [5.41, 5.74) is 2.08. The number of likely N-dealkylation sites (tertiary alicyclic amines) is 1. The van der Waals surface area contributed by atoms with Gasteiger partial charge in [0.05, 0.1) is 37.7 Å². The van der Waals surface area contributed by atoms with Crippen LogP contribution >= 0.6 is 0 Å². The first-order valence-corrected chi connectivity index (χ1v) is 12.4. The number of amides is 1. The van der Waals surface area contributed by atoms with Gasteiger partial charge in [-0.25, -0.2) is 17.8 Å². The van der Waals surface area contributed by atoms with E-state index in [4.69, 9.17) is 4.74 Å². The molecule has 1 saturated heterocycles. The Bertz CT molecular complexity index is 1020. The SMILES string of the molecule is CCCS(=O)(=O)NCc1nnn2c1COC1(CCN(C(=O)CCc3ccccc3)C1)C2. The quantitative estimate of drug-likeness (QED) is 0.653. The van der Waals surface area contributed by atoms with Gasteiger partial charge in [0.25, 0.3) is 0 Å². The molecule has 1 fully saturated rings. The molecule has 1 unspecified atom stereocenters. The number of hydrogen-bond donors (Lipinski definition) is 1. The monoisotopic (exact) mass is 447 g/mol. The molecular formula is C21H29N5O4S. The summed E-state index contributed by atoms with van der Waals surface area (Å²) < 4.78 is 34.4. The molecule has 1 aromatic carbocycles. The predicted molar refractivity (Wildman–Crippen MR) is 114 cm³/mol. The third-order valence-corrected chi connectivity index (χ3v) is 7.47. The van der Waals surface area contributed by atoms with E-state index >= 15 is 0 Å². The largest absolute Gasteiger partial charge is 0.365 e. The molecule has 1 aromatic heterocycles. The van der Waals surface area contributed by atoms with Crippen molar-refractivity contribution in [3.05, 3.63) is 47.3 Å². The molecule has 1 amide bonds. The normalized spacial score (nSPS) is 20.9. The molecule has 2 aromatic rings. The average molecular weight is 448 g/mol. The smallest absolute Gasteiger partial charge is 0.223 e. The highest BCUT2D eigenvalue weighted by Crippen LogP contribution is 2.33. The van der Waals surface area contributed by atoms with Gasteiger partial charge in [-0.3, -0.25) is 4.79 Å². The van der Waals surface area contributed by atoms with Gasteiger partial charge in [-0.2, -0.15) is 0 Å². The molecule has 0 radical (unpaired) electrons. The number of aromatic nitrogens is 3. The number of nitrogens with one attached hydrogen (secondary N) is 1. The van der Waals surface area contributed by atoms with Gasteiger partial charge >= 0.3 is 0 Å². The van der Waals surface area contributed by atoms with Gasteiger partial charge in [-0.05, 0) is 24.8 Å². The third kappa shape index (κ3) is 5.13. The van der Waals surface area contributed by atoms with E-state index in [0.29, 0.717) is 44.8 Å². The minimum atomic E-state index is -3.31. The Kier molecular flexibility index (Phi) is 6.40. The number of aryl methyl sites for hydroxylation is 1. The van der Waals surface area contributed by atoms with Crippen molar-refractivity contribution in [1.82, 2.24) is 24.6 Å². The lowest BCUT2D eigenvalue weighted by Crippen LogP contribution is -2.45. The van der Waals surface area contributed by atoms with E-state index in [1.54, 1.807) is 4.68 Å². The summed E-state index contributed by atoms with van der Waals surface area (Å²) in [6, 6.07) is 10.0. The molecule has 0 saturated carbocycles. The molecule has 0 bridgehead atoms. The van der Waals surface area contributed by atoms with Crippen LogP contribution in [0.4, 0.5) is 0 Å². The Morgan fingerprint density at radius 2 is 2.06 bits per heavy atom. The van der Waals surface area contributed by atoms with E-state index < -0.39 is 15.6 Å². The number of rotatable bonds is 8. The zero-order valence-electron chi connectivity index (χ0n) is 17.8. The van der Waals surface area contributed by atoms with Crippen molar-refractivity contribution in [1.29, 1.82) is 0 Å². The van der Waals surface area contributed by atoms with Crippen molar-refractivity contribution >= 4 is 15.9 Å². The molecule has 10 heteroatoms. The van der Waals surface area contributed by atoms with Crippen LogP contribution in [0.2, 0.25) is 0 Å². The lowest BCUT2D eigenvalue weighted by atomic mass is 10.0. The summed E-state index contributed by atoms with van der Waals surface area (Å²) in [5, 5.41) is 8.37. The molecule has 1 spiro atoms. The fourth-order valence-corrected chi connectivity index (χ4v) is 5.25. The van der Waals surface area contributed by atoms with Crippen LogP contribution < -0.4 is 4.72 Å². The van der Waals surface area contributed by atoms with Crippen LogP contribution in [0, 0.1) is 0 Å². The summed E-state index contributed by atoms with van der Waals surface area (Å²) in [5.74, 6) is 0.226. The molecule has 4 rings (SSSR count). The first kappa shape index (κ1) is 21.9. The van der Waals surface area contributed by atoms with Crippen LogP contribution in [-0.2, 0) is 45.7 Å². The molecule has 1 atom stereocenters. The highest BCUT2D eigenvalue weighted by molar-refractivity contribution is 7.89. The van der Waals surface area contributed by atoms with Crippen molar-refractivity contribution in [3.63, 3.8) is 0 Å².